The SMILES string of the molecule is NC(=O)C1CCC(Nc2ccncc2N)CC1. The van der Waals surface area contributed by atoms with Crippen molar-refractivity contribution in [2.24, 2.45) is 11.7 Å². The Morgan fingerprint density at radius 3 is 2.65 bits per heavy atom. The molecule has 0 atom stereocenters. The van der Waals surface area contributed by atoms with Gasteiger partial charge in [0.25, 0.3) is 0 Å². The summed E-state index contributed by atoms with van der Waals surface area (Å²) in [6.07, 6.45) is 6.98. The highest BCUT2D eigenvalue weighted by Crippen LogP contribution is 2.27. The lowest BCUT2D eigenvalue weighted by atomic mass is 9.85. The molecule has 1 fully saturated rings. The third-order valence-corrected chi connectivity index (χ3v) is 3.34. The number of carbonyl (C=O) groups is 1. The van der Waals surface area contributed by atoms with Crippen LogP contribution in [0.2, 0.25) is 0 Å². The summed E-state index contributed by atoms with van der Waals surface area (Å²) in [5, 5.41) is 3.39. The molecule has 17 heavy (non-hydrogen) atoms. The van der Waals surface area contributed by atoms with E-state index in [1.54, 1.807) is 12.4 Å². The molecular formula is C12H18N4O. The number of hydrogen-bond donors (Lipinski definition) is 3. The van der Waals surface area contributed by atoms with E-state index in [1.807, 2.05) is 6.07 Å². The van der Waals surface area contributed by atoms with Crippen molar-refractivity contribution < 1.29 is 4.79 Å². The zero-order valence-corrected chi connectivity index (χ0v) is 9.73. The first-order valence-electron chi connectivity index (χ1n) is 5.92. The second-order valence-electron chi connectivity index (χ2n) is 4.56. The lowest BCUT2D eigenvalue weighted by molar-refractivity contribution is -0.122. The van der Waals surface area contributed by atoms with Gasteiger partial charge in [0, 0.05) is 18.2 Å². The van der Waals surface area contributed by atoms with E-state index in [0.29, 0.717) is 11.7 Å². The fourth-order valence-corrected chi connectivity index (χ4v) is 2.28. The van der Waals surface area contributed by atoms with Gasteiger partial charge in [-0.05, 0) is 31.7 Å². The predicted octanol–water partition coefficient (Wildman–Crippen LogP) is 1.12. The number of aromatic nitrogens is 1. The number of nitrogens with one attached hydrogen (secondary N) is 1. The molecule has 0 aliphatic heterocycles. The maximum atomic E-state index is 11.0. The van der Waals surface area contributed by atoms with Gasteiger partial charge in [-0.15, -0.1) is 0 Å². The first kappa shape index (κ1) is 11.7. The van der Waals surface area contributed by atoms with Gasteiger partial charge in [-0.3, -0.25) is 9.78 Å². The molecular weight excluding hydrogens is 216 g/mol. The highest BCUT2D eigenvalue weighted by atomic mass is 16.1. The molecule has 2 rings (SSSR count). The number of rotatable bonds is 3. The van der Waals surface area contributed by atoms with Crippen molar-refractivity contribution in [1.82, 2.24) is 4.98 Å². The lowest BCUT2D eigenvalue weighted by Crippen LogP contribution is -2.32. The summed E-state index contributed by atoms with van der Waals surface area (Å²) in [7, 11) is 0. The molecule has 0 radical (unpaired) electrons. The average Bonchev–Trinajstić information content (AvgIpc) is 2.33. The van der Waals surface area contributed by atoms with Crippen LogP contribution in [0.15, 0.2) is 18.5 Å². The Labute approximate surface area is 101 Å². The summed E-state index contributed by atoms with van der Waals surface area (Å²) in [4.78, 5) is 15.0. The van der Waals surface area contributed by atoms with E-state index in [1.165, 1.54) is 0 Å². The molecule has 0 saturated heterocycles. The molecule has 1 aromatic rings. The summed E-state index contributed by atoms with van der Waals surface area (Å²) >= 11 is 0. The predicted molar refractivity (Wildman–Crippen MR) is 67.2 cm³/mol. The largest absolute Gasteiger partial charge is 0.396 e. The highest BCUT2D eigenvalue weighted by molar-refractivity contribution is 5.76. The Hall–Kier alpha value is -1.78. The Bertz CT molecular complexity index is 399. The van der Waals surface area contributed by atoms with Crippen LogP contribution in [0.3, 0.4) is 0 Å². The van der Waals surface area contributed by atoms with Crippen LogP contribution < -0.4 is 16.8 Å². The lowest BCUT2D eigenvalue weighted by Gasteiger charge is -2.28. The van der Waals surface area contributed by atoms with Gasteiger partial charge in [0.2, 0.25) is 5.91 Å². The van der Waals surface area contributed by atoms with Crippen LogP contribution in [0.4, 0.5) is 11.4 Å². The second kappa shape index (κ2) is 5.03. The molecule has 5 N–H and O–H groups in total. The van der Waals surface area contributed by atoms with Crippen LogP contribution in [0.5, 0.6) is 0 Å². The summed E-state index contributed by atoms with van der Waals surface area (Å²) in [6.45, 7) is 0. The fourth-order valence-electron chi connectivity index (χ4n) is 2.28. The Balaban J connectivity index is 1.90. The number of amides is 1. The van der Waals surface area contributed by atoms with E-state index < -0.39 is 0 Å². The van der Waals surface area contributed by atoms with Crippen molar-refractivity contribution >= 4 is 17.3 Å². The third-order valence-electron chi connectivity index (χ3n) is 3.34. The molecule has 0 bridgehead atoms. The van der Waals surface area contributed by atoms with E-state index in [2.05, 4.69) is 10.3 Å². The molecule has 1 heterocycles. The van der Waals surface area contributed by atoms with E-state index in [9.17, 15) is 4.79 Å². The number of pyridine rings is 1. The van der Waals surface area contributed by atoms with Crippen LogP contribution >= 0.6 is 0 Å². The van der Waals surface area contributed by atoms with Gasteiger partial charge in [-0.2, -0.15) is 0 Å². The first-order valence-corrected chi connectivity index (χ1v) is 5.92. The summed E-state index contributed by atoms with van der Waals surface area (Å²) in [6, 6.07) is 2.24. The van der Waals surface area contributed by atoms with Crippen molar-refractivity contribution in [2.45, 2.75) is 31.7 Å². The fraction of sp³-hybridized carbons (Fsp3) is 0.500. The second-order valence-corrected chi connectivity index (χ2v) is 4.56. The van der Waals surface area contributed by atoms with E-state index in [-0.39, 0.29) is 11.8 Å². The Kier molecular flexibility index (Phi) is 3.46. The monoisotopic (exact) mass is 234 g/mol. The number of nitrogens with two attached hydrogens (primary N) is 2. The van der Waals surface area contributed by atoms with Gasteiger partial charge in [0.15, 0.2) is 0 Å². The summed E-state index contributed by atoms with van der Waals surface area (Å²) in [5.74, 6) is -0.130. The third kappa shape index (κ3) is 2.87. The molecule has 5 nitrogen and oxygen atoms in total. The molecule has 1 aliphatic rings. The molecule has 0 unspecified atom stereocenters. The number of carbonyl (C=O) groups excluding carboxylic acids is 1. The van der Waals surface area contributed by atoms with Crippen LogP contribution in [0.25, 0.3) is 0 Å². The molecule has 1 aromatic heterocycles. The van der Waals surface area contributed by atoms with Gasteiger partial charge >= 0.3 is 0 Å². The Morgan fingerprint density at radius 2 is 2.06 bits per heavy atom. The van der Waals surface area contributed by atoms with Crippen molar-refractivity contribution in [1.29, 1.82) is 0 Å². The number of primary amides is 1. The summed E-state index contributed by atoms with van der Waals surface area (Å²) in [5.41, 5.74) is 12.7. The number of nitrogens with zero attached hydrogens (tertiary/aromatic N) is 1. The van der Waals surface area contributed by atoms with Gasteiger partial charge in [0.05, 0.1) is 17.6 Å². The molecule has 5 heteroatoms. The quantitative estimate of drug-likeness (QED) is 0.730. The standard InChI is InChI=1S/C12H18N4O/c13-10-7-15-6-5-11(10)16-9-3-1-8(2-4-9)12(14)17/h5-9H,1-4,13H2,(H2,14,17)(H,15,16). The van der Waals surface area contributed by atoms with Crippen LogP contribution in [0.1, 0.15) is 25.7 Å². The zero-order chi connectivity index (χ0) is 12.3. The molecule has 92 valence electrons. The number of hydrogen-bond acceptors (Lipinski definition) is 4. The maximum Gasteiger partial charge on any atom is 0.220 e. The maximum absolute atomic E-state index is 11.0. The minimum Gasteiger partial charge on any atom is -0.396 e. The van der Waals surface area contributed by atoms with Gasteiger partial charge in [-0.25, -0.2) is 0 Å². The van der Waals surface area contributed by atoms with Gasteiger partial charge in [0.1, 0.15) is 0 Å². The molecule has 0 spiro atoms. The number of anilines is 2. The molecule has 1 aliphatic carbocycles. The average molecular weight is 234 g/mol. The topological polar surface area (TPSA) is 94.0 Å². The van der Waals surface area contributed by atoms with Crippen LogP contribution in [0, 0.1) is 5.92 Å². The molecule has 1 saturated carbocycles. The van der Waals surface area contributed by atoms with Crippen molar-refractivity contribution in [3.05, 3.63) is 18.5 Å². The highest BCUT2D eigenvalue weighted by Gasteiger charge is 2.24. The summed E-state index contributed by atoms with van der Waals surface area (Å²) < 4.78 is 0. The molecule has 1 amide bonds. The van der Waals surface area contributed by atoms with Crippen molar-refractivity contribution in [3.8, 4) is 0 Å². The van der Waals surface area contributed by atoms with Crippen LogP contribution in [-0.4, -0.2) is 16.9 Å². The van der Waals surface area contributed by atoms with Crippen molar-refractivity contribution in [2.75, 3.05) is 11.1 Å². The van der Waals surface area contributed by atoms with E-state index in [0.717, 1.165) is 31.4 Å². The smallest absolute Gasteiger partial charge is 0.220 e. The van der Waals surface area contributed by atoms with E-state index >= 15 is 0 Å². The van der Waals surface area contributed by atoms with Crippen molar-refractivity contribution in [3.63, 3.8) is 0 Å². The minimum absolute atomic E-state index is 0.0443. The van der Waals surface area contributed by atoms with E-state index in [4.69, 9.17) is 11.5 Å². The Morgan fingerprint density at radius 1 is 1.35 bits per heavy atom. The number of nitrogen functional groups attached to an aromatic ring is 1. The van der Waals surface area contributed by atoms with Gasteiger partial charge < -0.3 is 16.8 Å². The van der Waals surface area contributed by atoms with Crippen LogP contribution in [-0.2, 0) is 4.79 Å². The first-order chi connectivity index (χ1) is 8.16. The normalized spacial score (nSPS) is 24.2. The van der Waals surface area contributed by atoms with Gasteiger partial charge in [-0.1, -0.05) is 0 Å². The molecule has 0 aromatic carbocycles. The minimum atomic E-state index is -0.174. The zero-order valence-electron chi connectivity index (χ0n) is 9.73.